The van der Waals surface area contributed by atoms with E-state index in [0.29, 0.717) is 22.7 Å². The molecule has 2 aromatic carbocycles. The Kier molecular flexibility index (Phi) is 4.70. The number of anilines is 2. The Morgan fingerprint density at radius 3 is 2.36 bits per heavy atom. The van der Waals surface area contributed by atoms with E-state index in [-0.39, 0.29) is 5.91 Å². The zero-order valence-corrected chi connectivity index (χ0v) is 14.3. The number of carbonyl (C=O) groups is 1. The molecule has 0 spiro atoms. The number of methoxy groups -OCH3 is 2. The number of hydrogen-bond donors (Lipinski definition) is 2. The van der Waals surface area contributed by atoms with Crippen LogP contribution in [0, 0.1) is 0 Å². The highest BCUT2D eigenvalue weighted by molar-refractivity contribution is 6.07. The van der Waals surface area contributed by atoms with Crippen molar-refractivity contribution in [3.63, 3.8) is 0 Å². The number of amides is 1. The van der Waals surface area contributed by atoms with Crippen LogP contribution in [0.5, 0.6) is 11.5 Å². The Morgan fingerprint density at radius 2 is 1.68 bits per heavy atom. The zero-order valence-electron chi connectivity index (χ0n) is 14.3. The first-order chi connectivity index (χ1) is 12.2. The molecule has 0 unspecified atom stereocenters. The third-order valence-corrected chi connectivity index (χ3v) is 3.89. The first-order valence-corrected chi connectivity index (χ1v) is 7.76. The third-order valence-electron chi connectivity index (χ3n) is 3.89. The third kappa shape index (κ3) is 3.33. The van der Waals surface area contributed by atoms with Crippen molar-refractivity contribution in [2.45, 2.75) is 0 Å². The second-order valence-electron chi connectivity index (χ2n) is 5.37. The maximum Gasteiger partial charge on any atom is 0.257 e. The average molecular weight is 337 g/mol. The van der Waals surface area contributed by atoms with Gasteiger partial charge in [0.25, 0.3) is 5.91 Å². The molecule has 0 saturated carbocycles. The average Bonchev–Trinajstić information content (AvgIpc) is 2.67. The standard InChI is InChI=1S/C19H19N3O3/c1-20-15-9-17(24-2)18(25-3)10-16(15)22-19(23)13-8-12-6-4-5-7-14(12)21-11-13/h4-11,20H,1-3H3,(H,22,23). The smallest absolute Gasteiger partial charge is 0.257 e. The van der Waals surface area contributed by atoms with Gasteiger partial charge in [-0.1, -0.05) is 18.2 Å². The summed E-state index contributed by atoms with van der Waals surface area (Å²) in [7, 11) is 4.89. The first kappa shape index (κ1) is 16.6. The van der Waals surface area contributed by atoms with E-state index in [2.05, 4.69) is 15.6 Å². The maximum atomic E-state index is 12.6. The molecule has 0 aliphatic heterocycles. The topological polar surface area (TPSA) is 72.5 Å². The summed E-state index contributed by atoms with van der Waals surface area (Å²) in [5.41, 5.74) is 2.65. The summed E-state index contributed by atoms with van der Waals surface area (Å²) in [4.78, 5) is 17.0. The van der Waals surface area contributed by atoms with Gasteiger partial charge in [0.1, 0.15) is 0 Å². The molecule has 0 aliphatic rings. The molecule has 0 radical (unpaired) electrons. The molecule has 25 heavy (non-hydrogen) atoms. The number of nitrogens with one attached hydrogen (secondary N) is 2. The van der Waals surface area contributed by atoms with Gasteiger partial charge >= 0.3 is 0 Å². The van der Waals surface area contributed by atoms with Crippen LogP contribution in [0.1, 0.15) is 10.4 Å². The van der Waals surface area contributed by atoms with Gasteiger partial charge in [-0.15, -0.1) is 0 Å². The molecule has 0 aliphatic carbocycles. The van der Waals surface area contributed by atoms with E-state index in [0.717, 1.165) is 16.6 Å². The summed E-state index contributed by atoms with van der Waals surface area (Å²) in [6.45, 7) is 0. The fourth-order valence-electron chi connectivity index (χ4n) is 2.58. The highest BCUT2D eigenvalue weighted by Crippen LogP contribution is 2.36. The lowest BCUT2D eigenvalue weighted by Gasteiger charge is -2.15. The molecule has 3 rings (SSSR count). The minimum atomic E-state index is -0.248. The van der Waals surface area contributed by atoms with E-state index in [1.54, 1.807) is 39.6 Å². The summed E-state index contributed by atoms with van der Waals surface area (Å²) in [6.07, 6.45) is 1.57. The predicted octanol–water partition coefficient (Wildman–Crippen LogP) is 3.55. The van der Waals surface area contributed by atoms with Gasteiger partial charge in [0, 0.05) is 30.8 Å². The minimum absolute atomic E-state index is 0.248. The molecule has 0 atom stereocenters. The molecular formula is C19H19N3O3. The molecule has 2 N–H and O–H groups in total. The fraction of sp³-hybridized carbons (Fsp3) is 0.158. The van der Waals surface area contributed by atoms with Gasteiger partial charge in [0.2, 0.25) is 0 Å². The van der Waals surface area contributed by atoms with Crippen LogP contribution in [0.3, 0.4) is 0 Å². The summed E-state index contributed by atoms with van der Waals surface area (Å²) >= 11 is 0. The lowest BCUT2D eigenvalue weighted by atomic mass is 10.1. The highest BCUT2D eigenvalue weighted by atomic mass is 16.5. The highest BCUT2D eigenvalue weighted by Gasteiger charge is 2.14. The number of benzene rings is 2. The minimum Gasteiger partial charge on any atom is -0.493 e. The van der Waals surface area contributed by atoms with Crippen LogP contribution in [-0.4, -0.2) is 32.2 Å². The summed E-state index contributed by atoms with van der Waals surface area (Å²) < 4.78 is 10.6. The van der Waals surface area contributed by atoms with Gasteiger partial charge in [-0.2, -0.15) is 0 Å². The van der Waals surface area contributed by atoms with Gasteiger partial charge in [-0.3, -0.25) is 9.78 Å². The fourth-order valence-corrected chi connectivity index (χ4v) is 2.58. The molecule has 0 saturated heterocycles. The van der Waals surface area contributed by atoms with E-state index in [1.807, 2.05) is 30.3 Å². The Hall–Kier alpha value is -3.28. The number of pyridine rings is 1. The Labute approximate surface area is 145 Å². The van der Waals surface area contributed by atoms with Crippen LogP contribution in [0.15, 0.2) is 48.7 Å². The van der Waals surface area contributed by atoms with Crippen LogP contribution < -0.4 is 20.1 Å². The van der Waals surface area contributed by atoms with Gasteiger partial charge in [0.05, 0.1) is 36.7 Å². The van der Waals surface area contributed by atoms with E-state index in [9.17, 15) is 4.79 Å². The summed E-state index contributed by atoms with van der Waals surface area (Å²) in [5.74, 6) is 0.868. The van der Waals surface area contributed by atoms with Gasteiger partial charge in [-0.25, -0.2) is 0 Å². The van der Waals surface area contributed by atoms with Gasteiger partial charge < -0.3 is 20.1 Å². The zero-order chi connectivity index (χ0) is 17.8. The van der Waals surface area contributed by atoms with E-state index < -0.39 is 0 Å². The van der Waals surface area contributed by atoms with Crippen LogP contribution in [0.25, 0.3) is 10.9 Å². The Bertz CT molecular complexity index is 925. The lowest BCUT2D eigenvalue weighted by molar-refractivity contribution is 0.102. The molecule has 6 heteroatoms. The number of rotatable bonds is 5. The summed E-state index contributed by atoms with van der Waals surface area (Å²) in [5, 5.41) is 6.85. The first-order valence-electron chi connectivity index (χ1n) is 7.76. The Morgan fingerprint density at radius 1 is 1.00 bits per heavy atom. The number of fused-ring (bicyclic) bond motifs is 1. The van der Waals surface area contributed by atoms with Gasteiger partial charge in [-0.05, 0) is 12.1 Å². The van der Waals surface area contributed by atoms with E-state index >= 15 is 0 Å². The van der Waals surface area contributed by atoms with Crippen molar-refractivity contribution in [3.8, 4) is 11.5 Å². The number of aromatic nitrogens is 1. The number of carbonyl (C=O) groups excluding carboxylic acids is 1. The van der Waals surface area contributed by atoms with Crippen molar-refractivity contribution in [1.29, 1.82) is 0 Å². The molecule has 1 amide bonds. The second-order valence-corrected chi connectivity index (χ2v) is 5.37. The van der Waals surface area contributed by atoms with Crippen molar-refractivity contribution < 1.29 is 14.3 Å². The molecule has 1 aromatic heterocycles. The lowest BCUT2D eigenvalue weighted by Crippen LogP contribution is -2.14. The number of para-hydroxylation sites is 1. The largest absolute Gasteiger partial charge is 0.493 e. The van der Waals surface area contributed by atoms with Crippen molar-refractivity contribution in [3.05, 3.63) is 54.2 Å². The van der Waals surface area contributed by atoms with E-state index in [4.69, 9.17) is 9.47 Å². The van der Waals surface area contributed by atoms with Crippen molar-refractivity contribution >= 4 is 28.2 Å². The van der Waals surface area contributed by atoms with Crippen molar-refractivity contribution in [1.82, 2.24) is 4.98 Å². The van der Waals surface area contributed by atoms with Gasteiger partial charge in [0.15, 0.2) is 11.5 Å². The van der Waals surface area contributed by atoms with Crippen LogP contribution in [0.2, 0.25) is 0 Å². The molecule has 128 valence electrons. The number of nitrogens with zero attached hydrogens (tertiary/aromatic N) is 1. The van der Waals surface area contributed by atoms with Crippen molar-refractivity contribution in [2.75, 3.05) is 31.9 Å². The maximum absolute atomic E-state index is 12.6. The summed E-state index contributed by atoms with van der Waals surface area (Å²) in [6, 6.07) is 13.0. The molecule has 3 aromatic rings. The molecule has 0 fully saturated rings. The molecular weight excluding hydrogens is 318 g/mol. The number of hydrogen-bond acceptors (Lipinski definition) is 5. The normalized spacial score (nSPS) is 10.4. The van der Waals surface area contributed by atoms with Crippen LogP contribution in [0.4, 0.5) is 11.4 Å². The quantitative estimate of drug-likeness (QED) is 0.745. The predicted molar refractivity (Wildman–Crippen MR) is 98.8 cm³/mol. The Balaban J connectivity index is 1.93. The second kappa shape index (κ2) is 7.09. The molecule has 6 nitrogen and oxygen atoms in total. The monoisotopic (exact) mass is 337 g/mol. The number of ether oxygens (including phenoxy) is 2. The molecule has 1 heterocycles. The van der Waals surface area contributed by atoms with Crippen molar-refractivity contribution in [2.24, 2.45) is 0 Å². The van der Waals surface area contributed by atoms with Crippen LogP contribution in [-0.2, 0) is 0 Å². The van der Waals surface area contributed by atoms with Crippen LogP contribution >= 0.6 is 0 Å². The SMILES string of the molecule is CNc1cc(OC)c(OC)cc1NC(=O)c1cnc2ccccc2c1. The molecule has 0 bridgehead atoms. The van der Waals surface area contributed by atoms with E-state index in [1.165, 1.54) is 0 Å².